The average molecular weight is 289 g/mol. The molecule has 1 amide bonds. The lowest BCUT2D eigenvalue weighted by Gasteiger charge is -2.28. The van der Waals surface area contributed by atoms with Crippen LogP contribution in [0.15, 0.2) is 35.1 Å². The predicted molar refractivity (Wildman–Crippen MR) is 77.6 cm³/mol. The molecule has 1 aromatic heterocycles. The Morgan fingerprint density at radius 1 is 1.33 bits per heavy atom. The van der Waals surface area contributed by atoms with E-state index in [4.69, 9.17) is 4.42 Å². The number of aromatic nitrogens is 2. The third kappa shape index (κ3) is 3.88. The lowest BCUT2D eigenvalue weighted by Crippen LogP contribution is -2.42. The smallest absolute Gasteiger partial charge is 0.253 e. The first-order valence-corrected chi connectivity index (χ1v) is 6.79. The predicted octanol–water partition coefficient (Wildman–Crippen LogP) is 1.97. The second kappa shape index (κ2) is 6.05. The molecule has 0 aliphatic heterocycles. The molecule has 0 aliphatic rings. The van der Waals surface area contributed by atoms with Gasteiger partial charge in [0.25, 0.3) is 5.91 Å². The molecule has 6 nitrogen and oxygen atoms in total. The van der Waals surface area contributed by atoms with Gasteiger partial charge in [-0.3, -0.25) is 4.79 Å². The molecule has 21 heavy (non-hydrogen) atoms. The maximum atomic E-state index is 12.4. The summed E-state index contributed by atoms with van der Waals surface area (Å²) in [7, 11) is 0. The molecule has 0 aliphatic carbocycles. The second-order valence-corrected chi connectivity index (χ2v) is 5.45. The van der Waals surface area contributed by atoms with E-state index < -0.39 is 5.60 Å². The summed E-state index contributed by atoms with van der Waals surface area (Å²) in [6, 6.07) is 6.96. The number of aliphatic hydroxyl groups is 1. The Kier molecular flexibility index (Phi) is 4.37. The number of nitrogens with zero attached hydrogens (tertiary/aromatic N) is 3. The van der Waals surface area contributed by atoms with Crippen LogP contribution in [-0.2, 0) is 0 Å². The first-order valence-electron chi connectivity index (χ1n) is 6.79. The van der Waals surface area contributed by atoms with Crippen LogP contribution >= 0.6 is 0 Å². The van der Waals surface area contributed by atoms with Crippen LogP contribution in [0.4, 0.5) is 0 Å². The van der Waals surface area contributed by atoms with E-state index in [0.717, 1.165) is 5.56 Å². The molecule has 0 bridgehead atoms. The van der Waals surface area contributed by atoms with Gasteiger partial charge in [-0.05, 0) is 45.0 Å². The van der Waals surface area contributed by atoms with Gasteiger partial charge in [0.15, 0.2) is 0 Å². The van der Waals surface area contributed by atoms with Crippen LogP contribution in [-0.4, -0.2) is 44.8 Å². The van der Waals surface area contributed by atoms with E-state index >= 15 is 0 Å². The first-order chi connectivity index (χ1) is 9.90. The fraction of sp³-hybridized carbons (Fsp3) is 0.400. The Morgan fingerprint density at radius 2 is 2.00 bits per heavy atom. The summed E-state index contributed by atoms with van der Waals surface area (Å²) in [5.74, 6) is 0.301. The number of hydrogen-bond donors (Lipinski definition) is 1. The molecule has 0 atom stereocenters. The molecule has 112 valence electrons. The lowest BCUT2D eigenvalue weighted by atomic mass is 10.1. The number of benzene rings is 1. The van der Waals surface area contributed by atoms with Crippen LogP contribution in [0.3, 0.4) is 0 Å². The zero-order valence-corrected chi connectivity index (χ0v) is 12.4. The number of likely N-dealkylation sites (N-methyl/N-ethyl adjacent to an activating group) is 1. The molecule has 0 saturated heterocycles. The van der Waals surface area contributed by atoms with Crippen LogP contribution in [0.25, 0.3) is 11.5 Å². The number of hydrogen-bond acceptors (Lipinski definition) is 5. The summed E-state index contributed by atoms with van der Waals surface area (Å²) in [6.07, 6.45) is 1.26. The normalized spacial score (nSPS) is 11.4. The molecule has 2 rings (SSSR count). The van der Waals surface area contributed by atoms with Gasteiger partial charge in [0, 0.05) is 24.2 Å². The van der Waals surface area contributed by atoms with Crippen molar-refractivity contribution in [2.75, 3.05) is 13.1 Å². The topological polar surface area (TPSA) is 79.5 Å². The van der Waals surface area contributed by atoms with E-state index in [1.807, 2.05) is 6.92 Å². The van der Waals surface area contributed by atoms with Crippen molar-refractivity contribution >= 4 is 5.91 Å². The van der Waals surface area contributed by atoms with Gasteiger partial charge >= 0.3 is 0 Å². The van der Waals surface area contributed by atoms with Crippen molar-refractivity contribution in [1.29, 1.82) is 0 Å². The second-order valence-electron chi connectivity index (χ2n) is 5.45. The van der Waals surface area contributed by atoms with E-state index in [9.17, 15) is 9.90 Å². The molecule has 1 aromatic carbocycles. The van der Waals surface area contributed by atoms with Crippen molar-refractivity contribution in [2.24, 2.45) is 0 Å². The van der Waals surface area contributed by atoms with Gasteiger partial charge in [0.2, 0.25) is 12.3 Å². The van der Waals surface area contributed by atoms with E-state index in [1.165, 1.54) is 6.39 Å². The highest BCUT2D eigenvalue weighted by Crippen LogP contribution is 2.18. The Morgan fingerprint density at radius 3 is 2.48 bits per heavy atom. The summed E-state index contributed by atoms with van der Waals surface area (Å²) >= 11 is 0. The number of carbonyl (C=O) groups is 1. The van der Waals surface area contributed by atoms with Crippen LogP contribution < -0.4 is 0 Å². The molecule has 0 fully saturated rings. The molecule has 2 aromatic rings. The van der Waals surface area contributed by atoms with Gasteiger partial charge < -0.3 is 14.4 Å². The van der Waals surface area contributed by atoms with E-state index in [0.29, 0.717) is 18.0 Å². The number of carbonyl (C=O) groups excluding carboxylic acids is 1. The first kappa shape index (κ1) is 15.2. The van der Waals surface area contributed by atoms with Gasteiger partial charge in [-0.1, -0.05) is 0 Å². The van der Waals surface area contributed by atoms with Crippen LogP contribution in [0, 0.1) is 0 Å². The zero-order chi connectivity index (χ0) is 15.5. The lowest BCUT2D eigenvalue weighted by molar-refractivity contribution is 0.0314. The van der Waals surface area contributed by atoms with Gasteiger partial charge in [0.05, 0.1) is 5.60 Å². The van der Waals surface area contributed by atoms with Gasteiger partial charge in [-0.25, -0.2) is 0 Å². The van der Waals surface area contributed by atoms with Crippen LogP contribution in [0.1, 0.15) is 31.1 Å². The van der Waals surface area contributed by atoms with Crippen LogP contribution in [0.2, 0.25) is 0 Å². The highest BCUT2D eigenvalue weighted by atomic mass is 16.4. The summed E-state index contributed by atoms with van der Waals surface area (Å²) in [5, 5.41) is 17.3. The van der Waals surface area contributed by atoms with Crippen molar-refractivity contribution in [3.63, 3.8) is 0 Å². The quantitative estimate of drug-likeness (QED) is 0.910. The molecule has 0 spiro atoms. The average Bonchev–Trinajstić information content (AvgIpc) is 2.97. The summed E-state index contributed by atoms with van der Waals surface area (Å²) in [5.41, 5.74) is 0.397. The summed E-state index contributed by atoms with van der Waals surface area (Å²) in [4.78, 5) is 14.0. The Bertz CT molecular complexity index is 586. The highest BCUT2D eigenvalue weighted by Gasteiger charge is 2.22. The largest absolute Gasteiger partial charge is 0.423 e. The molecule has 1 heterocycles. The third-order valence-electron chi connectivity index (χ3n) is 2.99. The number of amides is 1. The molecular formula is C15H19N3O3. The maximum Gasteiger partial charge on any atom is 0.253 e. The standard InChI is InChI=1S/C15H19N3O3/c1-4-18(9-15(2,3)20)14(19)12-7-5-11(6-8-12)13-17-16-10-21-13/h5-8,10,20H,4,9H2,1-3H3. The summed E-state index contributed by atoms with van der Waals surface area (Å²) < 4.78 is 5.10. The van der Waals surface area contributed by atoms with E-state index in [2.05, 4.69) is 10.2 Å². The highest BCUT2D eigenvalue weighted by molar-refractivity contribution is 5.94. The third-order valence-corrected chi connectivity index (χ3v) is 2.99. The zero-order valence-electron chi connectivity index (χ0n) is 12.4. The van der Waals surface area contributed by atoms with Crippen molar-refractivity contribution in [2.45, 2.75) is 26.4 Å². The molecule has 0 unspecified atom stereocenters. The van der Waals surface area contributed by atoms with Crippen molar-refractivity contribution in [1.82, 2.24) is 15.1 Å². The van der Waals surface area contributed by atoms with E-state index in [-0.39, 0.29) is 12.5 Å². The van der Waals surface area contributed by atoms with Gasteiger partial charge in [0.1, 0.15) is 0 Å². The fourth-order valence-corrected chi connectivity index (χ4v) is 2.03. The fourth-order valence-electron chi connectivity index (χ4n) is 2.03. The molecular weight excluding hydrogens is 270 g/mol. The molecule has 6 heteroatoms. The van der Waals surface area contributed by atoms with Crippen LogP contribution in [0.5, 0.6) is 0 Å². The molecule has 0 radical (unpaired) electrons. The molecule has 0 saturated carbocycles. The molecule has 1 N–H and O–H groups in total. The minimum atomic E-state index is -0.921. The minimum absolute atomic E-state index is 0.114. The SMILES string of the molecule is CCN(CC(C)(C)O)C(=O)c1ccc(-c2nnco2)cc1. The Labute approximate surface area is 123 Å². The number of rotatable bonds is 5. The minimum Gasteiger partial charge on any atom is -0.423 e. The van der Waals surface area contributed by atoms with Crippen molar-refractivity contribution in [3.8, 4) is 11.5 Å². The summed E-state index contributed by atoms with van der Waals surface area (Å²) in [6.45, 7) is 6.07. The van der Waals surface area contributed by atoms with Gasteiger partial charge in [-0.15, -0.1) is 10.2 Å². The monoisotopic (exact) mass is 289 g/mol. The Hall–Kier alpha value is -2.21. The van der Waals surface area contributed by atoms with Crippen molar-refractivity contribution < 1.29 is 14.3 Å². The van der Waals surface area contributed by atoms with Crippen molar-refractivity contribution in [3.05, 3.63) is 36.2 Å². The van der Waals surface area contributed by atoms with Gasteiger partial charge in [-0.2, -0.15) is 0 Å². The van der Waals surface area contributed by atoms with E-state index in [1.54, 1.807) is 43.0 Å². The maximum absolute atomic E-state index is 12.4. The Balaban J connectivity index is 2.15.